The van der Waals surface area contributed by atoms with E-state index in [0.29, 0.717) is 5.56 Å². The highest BCUT2D eigenvalue weighted by Gasteiger charge is 2.25. The molecule has 0 radical (unpaired) electrons. The van der Waals surface area contributed by atoms with Crippen LogP contribution in [0, 0.1) is 18.6 Å². The van der Waals surface area contributed by atoms with Crippen LogP contribution in [0.2, 0.25) is 0 Å². The minimum Gasteiger partial charge on any atom is -0.391 e. The summed E-state index contributed by atoms with van der Waals surface area (Å²) in [5.41, 5.74) is -0.328. The molecule has 20 heavy (non-hydrogen) atoms. The van der Waals surface area contributed by atoms with Crippen LogP contribution in [0.1, 0.15) is 10.4 Å². The second kappa shape index (κ2) is 5.47. The van der Waals surface area contributed by atoms with Gasteiger partial charge in [0.25, 0.3) is 10.0 Å². The molecule has 0 unspecified atom stereocenters. The average Bonchev–Trinajstić information content (AvgIpc) is 2.76. The summed E-state index contributed by atoms with van der Waals surface area (Å²) >= 11 is 1.07. The van der Waals surface area contributed by atoms with E-state index in [4.69, 9.17) is 5.11 Å². The van der Waals surface area contributed by atoms with Crippen molar-refractivity contribution in [3.05, 3.63) is 45.7 Å². The molecule has 0 aliphatic heterocycles. The number of hydrogen-bond acceptors (Lipinski definition) is 4. The van der Waals surface area contributed by atoms with E-state index < -0.39 is 34.0 Å². The molecule has 0 aliphatic rings. The van der Waals surface area contributed by atoms with Crippen LogP contribution < -0.4 is 4.72 Å². The Kier molecular flexibility index (Phi) is 4.07. The fourth-order valence-electron chi connectivity index (χ4n) is 1.74. The van der Waals surface area contributed by atoms with Gasteiger partial charge in [-0.25, -0.2) is 17.2 Å². The van der Waals surface area contributed by atoms with Crippen LogP contribution in [-0.2, 0) is 16.6 Å². The molecule has 2 aromatic rings. The van der Waals surface area contributed by atoms with Gasteiger partial charge in [0.2, 0.25) is 0 Å². The van der Waals surface area contributed by atoms with Gasteiger partial charge in [0, 0.05) is 0 Å². The van der Waals surface area contributed by atoms with Crippen molar-refractivity contribution in [3.8, 4) is 0 Å². The smallest absolute Gasteiger partial charge is 0.263 e. The number of aliphatic hydroxyl groups is 1. The van der Waals surface area contributed by atoms with E-state index in [1.54, 1.807) is 12.3 Å². The second-order valence-electron chi connectivity index (χ2n) is 4.03. The lowest BCUT2D eigenvalue weighted by molar-refractivity contribution is 0.282. The van der Waals surface area contributed by atoms with E-state index in [1.807, 2.05) is 4.72 Å². The van der Waals surface area contributed by atoms with Crippen LogP contribution in [0.5, 0.6) is 0 Å². The van der Waals surface area contributed by atoms with E-state index in [9.17, 15) is 17.2 Å². The summed E-state index contributed by atoms with van der Waals surface area (Å²) in [4.78, 5) is 0.0689. The molecule has 0 saturated carbocycles. The monoisotopic (exact) mass is 319 g/mol. The van der Waals surface area contributed by atoms with Crippen molar-refractivity contribution in [2.75, 3.05) is 4.72 Å². The molecule has 0 spiro atoms. The zero-order chi connectivity index (χ0) is 14.9. The normalized spacial score (nSPS) is 11.6. The average molecular weight is 319 g/mol. The first-order chi connectivity index (χ1) is 9.36. The van der Waals surface area contributed by atoms with Gasteiger partial charge in [0.05, 0.1) is 11.5 Å². The maximum Gasteiger partial charge on any atom is 0.263 e. The standard InChI is InChI=1S/C12H11F2NO3S2/c1-7-6-19-10(5-16)12(7)20(17,18)15-11-8(13)3-2-4-9(11)14/h2-4,6,15-16H,5H2,1H3. The molecule has 0 amide bonds. The molecular weight excluding hydrogens is 308 g/mol. The Morgan fingerprint density at radius 3 is 2.45 bits per heavy atom. The third-order valence-corrected chi connectivity index (χ3v) is 5.40. The Labute approximate surface area is 118 Å². The third kappa shape index (κ3) is 2.67. The first-order valence-corrected chi connectivity index (χ1v) is 7.87. The van der Waals surface area contributed by atoms with Crippen LogP contribution in [0.25, 0.3) is 0 Å². The maximum atomic E-state index is 13.5. The SMILES string of the molecule is Cc1csc(CO)c1S(=O)(=O)Nc1c(F)cccc1F. The molecule has 2 rings (SSSR count). The molecule has 0 atom stereocenters. The van der Waals surface area contributed by atoms with Crippen LogP contribution in [0.3, 0.4) is 0 Å². The number of rotatable bonds is 4. The Hall–Kier alpha value is -1.51. The summed E-state index contributed by atoms with van der Waals surface area (Å²) in [6.45, 7) is 1.08. The van der Waals surface area contributed by atoms with E-state index in [0.717, 1.165) is 29.5 Å². The summed E-state index contributed by atoms with van der Waals surface area (Å²) in [7, 11) is -4.17. The van der Waals surface area contributed by atoms with Gasteiger partial charge in [0.15, 0.2) is 0 Å². The molecule has 1 aromatic heterocycles. The molecule has 1 aromatic carbocycles. The van der Waals surface area contributed by atoms with Crippen molar-refractivity contribution in [1.29, 1.82) is 0 Å². The van der Waals surface area contributed by atoms with E-state index in [1.165, 1.54) is 0 Å². The Morgan fingerprint density at radius 2 is 1.90 bits per heavy atom. The summed E-state index contributed by atoms with van der Waals surface area (Å²) < 4.78 is 53.3. The first kappa shape index (κ1) is 14.9. The molecule has 0 saturated heterocycles. The van der Waals surface area contributed by atoms with Crippen LogP contribution in [0.15, 0.2) is 28.5 Å². The molecule has 1 heterocycles. The lowest BCUT2D eigenvalue weighted by atomic mass is 10.3. The van der Waals surface area contributed by atoms with Gasteiger partial charge < -0.3 is 5.11 Å². The van der Waals surface area contributed by atoms with Gasteiger partial charge in [-0.3, -0.25) is 4.72 Å². The summed E-state index contributed by atoms with van der Waals surface area (Å²) in [5.74, 6) is -2.01. The lowest BCUT2D eigenvalue weighted by Crippen LogP contribution is -2.16. The van der Waals surface area contributed by atoms with Gasteiger partial charge in [-0.05, 0) is 30.0 Å². The van der Waals surface area contributed by atoms with Crippen LogP contribution in [-0.4, -0.2) is 13.5 Å². The Bertz CT molecular complexity index is 721. The van der Waals surface area contributed by atoms with Crippen LogP contribution in [0.4, 0.5) is 14.5 Å². The summed E-state index contributed by atoms with van der Waals surface area (Å²) in [5, 5.41) is 10.7. The maximum absolute atomic E-state index is 13.5. The number of benzene rings is 1. The highest BCUT2D eigenvalue weighted by atomic mass is 32.2. The molecule has 0 aliphatic carbocycles. The van der Waals surface area contributed by atoms with Crippen molar-refractivity contribution in [2.45, 2.75) is 18.4 Å². The summed E-state index contributed by atoms with van der Waals surface area (Å²) in [6, 6.07) is 3.04. The number of hydrogen-bond donors (Lipinski definition) is 2. The van der Waals surface area contributed by atoms with Crippen molar-refractivity contribution in [3.63, 3.8) is 0 Å². The van der Waals surface area contributed by atoms with Crippen molar-refractivity contribution >= 4 is 27.0 Å². The minimum atomic E-state index is -4.17. The molecule has 108 valence electrons. The van der Waals surface area contributed by atoms with Crippen LogP contribution >= 0.6 is 11.3 Å². The zero-order valence-corrected chi connectivity index (χ0v) is 12.0. The molecule has 2 N–H and O–H groups in total. The fraction of sp³-hybridized carbons (Fsp3) is 0.167. The van der Waals surface area contributed by atoms with Crippen molar-refractivity contribution in [1.82, 2.24) is 0 Å². The lowest BCUT2D eigenvalue weighted by Gasteiger charge is -2.11. The number of para-hydroxylation sites is 1. The number of sulfonamides is 1. The largest absolute Gasteiger partial charge is 0.391 e. The number of aliphatic hydroxyl groups excluding tert-OH is 1. The highest BCUT2D eigenvalue weighted by Crippen LogP contribution is 2.30. The minimum absolute atomic E-state index is 0.146. The molecular formula is C12H11F2NO3S2. The molecule has 8 heteroatoms. The van der Waals surface area contributed by atoms with Gasteiger partial charge in [-0.1, -0.05) is 6.07 Å². The quantitative estimate of drug-likeness (QED) is 0.910. The van der Waals surface area contributed by atoms with Gasteiger partial charge in [-0.15, -0.1) is 11.3 Å². The van der Waals surface area contributed by atoms with Crippen molar-refractivity contribution in [2.24, 2.45) is 0 Å². The number of thiophene rings is 1. The summed E-state index contributed by atoms with van der Waals surface area (Å²) in [6.07, 6.45) is 0. The zero-order valence-electron chi connectivity index (χ0n) is 10.4. The van der Waals surface area contributed by atoms with Gasteiger partial charge in [0.1, 0.15) is 22.2 Å². The number of aryl methyl sites for hydroxylation is 1. The molecule has 0 bridgehead atoms. The van der Waals surface area contributed by atoms with E-state index in [2.05, 4.69) is 0 Å². The molecule has 0 fully saturated rings. The Balaban J connectivity index is 2.49. The number of halogens is 2. The van der Waals surface area contributed by atoms with Crippen molar-refractivity contribution < 1.29 is 22.3 Å². The predicted molar refractivity (Wildman–Crippen MR) is 72.1 cm³/mol. The second-order valence-corrected chi connectivity index (χ2v) is 6.61. The Morgan fingerprint density at radius 1 is 1.30 bits per heavy atom. The van der Waals surface area contributed by atoms with Gasteiger partial charge >= 0.3 is 0 Å². The van der Waals surface area contributed by atoms with E-state index in [-0.39, 0.29) is 9.77 Å². The topological polar surface area (TPSA) is 66.4 Å². The first-order valence-electron chi connectivity index (χ1n) is 5.51. The third-order valence-electron chi connectivity index (χ3n) is 2.60. The predicted octanol–water partition coefficient (Wildman–Crippen LogP) is 2.63. The number of anilines is 1. The molecule has 4 nitrogen and oxygen atoms in total. The van der Waals surface area contributed by atoms with Gasteiger partial charge in [-0.2, -0.15) is 0 Å². The highest BCUT2D eigenvalue weighted by molar-refractivity contribution is 7.93. The fourth-order valence-corrected chi connectivity index (χ4v) is 4.48. The number of nitrogens with one attached hydrogen (secondary N) is 1. The van der Waals surface area contributed by atoms with E-state index >= 15 is 0 Å².